The van der Waals surface area contributed by atoms with Gasteiger partial charge in [-0.3, -0.25) is 0 Å². The Morgan fingerprint density at radius 3 is 2.55 bits per heavy atom. The van der Waals surface area contributed by atoms with Gasteiger partial charge in [-0.1, -0.05) is 6.58 Å². The van der Waals surface area contributed by atoms with Gasteiger partial charge in [-0.25, -0.2) is 13.8 Å². The number of morpholine rings is 1. The normalized spacial score (nSPS) is 17.8. The highest BCUT2D eigenvalue weighted by Gasteiger charge is 2.25. The van der Waals surface area contributed by atoms with E-state index >= 15 is 0 Å². The van der Waals surface area contributed by atoms with E-state index in [9.17, 15) is 8.78 Å². The van der Waals surface area contributed by atoms with Crippen LogP contribution in [0.4, 0.5) is 26.5 Å². The zero-order valence-electron chi connectivity index (χ0n) is 16.0. The van der Waals surface area contributed by atoms with E-state index in [0.717, 1.165) is 37.6 Å². The van der Waals surface area contributed by atoms with Crippen molar-refractivity contribution in [2.75, 3.05) is 48.4 Å². The van der Waals surface area contributed by atoms with Crippen molar-refractivity contribution in [2.24, 2.45) is 0 Å². The van der Waals surface area contributed by atoms with Crippen molar-refractivity contribution >= 4 is 17.7 Å². The topological polar surface area (TPSA) is 93.3 Å². The van der Waals surface area contributed by atoms with Crippen LogP contribution in [0.5, 0.6) is 0 Å². The van der Waals surface area contributed by atoms with Gasteiger partial charge in [0, 0.05) is 42.7 Å². The zero-order chi connectivity index (χ0) is 20.4. The third-order valence-electron chi connectivity index (χ3n) is 5.06. The second kappa shape index (κ2) is 8.24. The minimum atomic E-state index is -2.73. The number of alkyl halides is 2. The number of hydrogen-bond donors (Lipinski definition) is 1. The van der Waals surface area contributed by atoms with E-state index in [4.69, 9.17) is 10.5 Å². The van der Waals surface area contributed by atoms with Crippen LogP contribution in [0.15, 0.2) is 24.5 Å². The fraction of sp³-hybridized carbons (Fsp3) is 0.474. The van der Waals surface area contributed by atoms with Crippen molar-refractivity contribution in [2.45, 2.75) is 25.7 Å². The summed E-state index contributed by atoms with van der Waals surface area (Å²) in [6.07, 6.45) is 1.45. The molecule has 0 spiro atoms. The fourth-order valence-electron chi connectivity index (χ4n) is 3.49. The van der Waals surface area contributed by atoms with Crippen LogP contribution in [0.25, 0.3) is 11.4 Å². The summed E-state index contributed by atoms with van der Waals surface area (Å²) in [6.45, 7) is 7.19. The molecule has 0 aromatic carbocycles. The minimum absolute atomic E-state index is 0.0242. The molecule has 8 nitrogen and oxygen atoms in total. The molecular weight excluding hydrogens is 380 g/mol. The second-order valence-corrected chi connectivity index (χ2v) is 7.03. The Morgan fingerprint density at radius 1 is 1.07 bits per heavy atom. The highest BCUT2D eigenvalue weighted by Crippen LogP contribution is 2.32. The molecule has 4 heterocycles. The molecule has 0 bridgehead atoms. The molecule has 0 amide bonds. The van der Waals surface area contributed by atoms with Crippen molar-refractivity contribution in [1.29, 1.82) is 0 Å². The number of pyridine rings is 1. The van der Waals surface area contributed by atoms with Gasteiger partial charge in [0.05, 0.1) is 13.2 Å². The smallest absolute Gasteiger partial charge is 0.264 e. The van der Waals surface area contributed by atoms with Gasteiger partial charge in [0.1, 0.15) is 5.82 Å². The van der Waals surface area contributed by atoms with E-state index < -0.39 is 6.43 Å². The first-order chi connectivity index (χ1) is 14.0. The maximum Gasteiger partial charge on any atom is 0.264 e. The van der Waals surface area contributed by atoms with Gasteiger partial charge in [0.2, 0.25) is 11.9 Å². The summed E-state index contributed by atoms with van der Waals surface area (Å²) < 4.78 is 32.7. The van der Waals surface area contributed by atoms with Gasteiger partial charge < -0.3 is 20.3 Å². The van der Waals surface area contributed by atoms with E-state index in [1.54, 1.807) is 0 Å². The average Bonchev–Trinajstić information content (AvgIpc) is 2.74. The molecule has 10 heteroatoms. The van der Waals surface area contributed by atoms with E-state index in [2.05, 4.69) is 26.5 Å². The fourth-order valence-corrected chi connectivity index (χ4v) is 3.49. The van der Waals surface area contributed by atoms with E-state index in [1.807, 2.05) is 9.80 Å². The predicted octanol–water partition coefficient (Wildman–Crippen LogP) is 2.79. The Bertz CT molecular complexity index is 902. The Balaban J connectivity index is 1.82. The molecule has 2 saturated heterocycles. The highest BCUT2D eigenvalue weighted by atomic mass is 19.3. The number of anilines is 3. The number of nitrogens with two attached hydrogens (primary N) is 1. The SMILES string of the molecule is C=C1CCCCN1c1nc(-c2cnc(N)cc2C(F)F)nc(N2CCOCC2)n1. The highest BCUT2D eigenvalue weighted by molar-refractivity contribution is 5.64. The van der Waals surface area contributed by atoms with Gasteiger partial charge in [0.25, 0.3) is 6.43 Å². The van der Waals surface area contributed by atoms with Crippen LogP contribution >= 0.6 is 0 Å². The van der Waals surface area contributed by atoms with Gasteiger partial charge in [-0.05, 0) is 25.3 Å². The number of hydrogen-bond acceptors (Lipinski definition) is 8. The number of nitrogens with zero attached hydrogens (tertiary/aromatic N) is 6. The van der Waals surface area contributed by atoms with Gasteiger partial charge in [-0.15, -0.1) is 0 Å². The monoisotopic (exact) mass is 403 g/mol. The summed E-state index contributed by atoms with van der Waals surface area (Å²) in [5.74, 6) is 1.02. The molecule has 0 radical (unpaired) electrons. The molecule has 29 heavy (non-hydrogen) atoms. The molecule has 2 aliphatic heterocycles. The minimum Gasteiger partial charge on any atom is -0.384 e. The first-order valence-corrected chi connectivity index (χ1v) is 9.61. The first kappa shape index (κ1) is 19.4. The van der Waals surface area contributed by atoms with Crippen LogP contribution < -0.4 is 15.5 Å². The van der Waals surface area contributed by atoms with E-state index in [1.165, 1.54) is 6.20 Å². The predicted molar refractivity (Wildman–Crippen MR) is 106 cm³/mol. The number of piperidine rings is 1. The Morgan fingerprint density at radius 2 is 1.83 bits per heavy atom. The summed E-state index contributed by atoms with van der Waals surface area (Å²) in [4.78, 5) is 21.5. The van der Waals surface area contributed by atoms with E-state index in [-0.39, 0.29) is 22.8 Å². The summed E-state index contributed by atoms with van der Waals surface area (Å²) in [6, 6.07) is 1.16. The molecule has 2 N–H and O–H groups in total. The molecule has 0 saturated carbocycles. The standard InChI is InChI=1S/C19H23F2N7O/c1-12-4-2-3-5-28(12)19-25-17(14-11-23-15(22)10-13(14)16(20)21)24-18(26-19)27-6-8-29-9-7-27/h10-11,16H,1-9H2,(H2,22,23). The van der Waals surface area contributed by atoms with Gasteiger partial charge >= 0.3 is 0 Å². The maximum atomic E-state index is 13.7. The van der Waals surface area contributed by atoms with Crippen molar-refractivity contribution in [3.8, 4) is 11.4 Å². The molecule has 2 aliphatic rings. The van der Waals surface area contributed by atoms with Crippen molar-refractivity contribution < 1.29 is 13.5 Å². The van der Waals surface area contributed by atoms with Crippen molar-refractivity contribution in [1.82, 2.24) is 19.9 Å². The number of aromatic nitrogens is 4. The van der Waals surface area contributed by atoms with Crippen LogP contribution in [0.1, 0.15) is 31.3 Å². The first-order valence-electron chi connectivity index (χ1n) is 9.61. The molecule has 0 unspecified atom stereocenters. The molecule has 2 fully saturated rings. The largest absolute Gasteiger partial charge is 0.384 e. The number of rotatable bonds is 4. The van der Waals surface area contributed by atoms with Crippen LogP contribution in [0, 0.1) is 0 Å². The number of ether oxygens (including phenoxy) is 1. The summed E-state index contributed by atoms with van der Waals surface area (Å²) >= 11 is 0. The number of allylic oxidation sites excluding steroid dienone is 1. The van der Waals surface area contributed by atoms with Crippen molar-refractivity contribution in [3.05, 3.63) is 30.1 Å². The molecule has 4 rings (SSSR count). The van der Waals surface area contributed by atoms with Crippen LogP contribution in [-0.2, 0) is 4.74 Å². The number of nitrogen functional groups attached to an aromatic ring is 1. The third-order valence-corrected chi connectivity index (χ3v) is 5.06. The molecule has 2 aromatic heterocycles. The van der Waals surface area contributed by atoms with Gasteiger partial charge in [0.15, 0.2) is 5.82 Å². The molecule has 0 aliphatic carbocycles. The van der Waals surface area contributed by atoms with Gasteiger partial charge in [-0.2, -0.15) is 15.0 Å². The molecule has 0 atom stereocenters. The zero-order valence-corrected chi connectivity index (χ0v) is 16.0. The maximum absolute atomic E-state index is 13.7. The lowest BCUT2D eigenvalue weighted by atomic mass is 10.1. The lowest BCUT2D eigenvalue weighted by molar-refractivity contribution is 0.122. The summed E-state index contributed by atoms with van der Waals surface area (Å²) in [5, 5.41) is 0. The third kappa shape index (κ3) is 4.12. The van der Waals surface area contributed by atoms with Crippen molar-refractivity contribution in [3.63, 3.8) is 0 Å². The summed E-state index contributed by atoms with van der Waals surface area (Å²) in [5.41, 5.74) is 6.42. The average molecular weight is 403 g/mol. The Hall–Kier alpha value is -2.88. The molecular formula is C19H23F2N7O. The van der Waals surface area contributed by atoms with Crippen LogP contribution in [-0.4, -0.2) is 52.8 Å². The quantitative estimate of drug-likeness (QED) is 0.833. The van der Waals surface area contributed by atoms with Crippen LogP contribution in [0.2, 0.25) is 0 Å². The molecule has 2 aromatic rings. The van der Waals surface area contributed by atoms with E-state index in [0.29, 0.717) is 38.2 Å². The Kier molecular flexibility index (Phi) is 5.52. The Labute approximate surface area is 167 Å². The summed E-state index contributed by atoms with van der Waals surface area (Å²) in [7, 11) is 0. The molecule has 154 valence electrons. The lowest BCUT2D eigenvalue weighted by Crippen LogP contribution is -2.38. The van der Waals surface area contributed by atoms with Crippen LogP contribution in [0.3, 0.4) is 0 Å². The lowest BCUT2D eigenvalue weighted by Gasteiger charge is -2.31. The number of halogens is 2. The second-order valence-electron chi connectivity index (χ2n) is 7.03.